The Bertz CT molecular complexity index is 635. The van der Waals surface area contributed by atoms with Crippen LogP contribution >= 0.6 is 0 Å². The van der Waals surface area contributed by atoms with E-state index in [9.17, 15) is 9.59 Å². The van der Waals surface area contributed by atoms with Gasteiger partial charge in [-0.25, -0.2) is 9.37 Å². The smallest absolute Gasteiger partial charge is 0.270 e. The molecule has 8 nitrogen and oxygen atoms in total. The average molecular weight is 291 g/mol. The number of hydrogen-bond donors (Lipinski definition) is 0. The van der Waals surface area contributed by atoms with Gasteiger partial charge in [-0.2, -0.15) is 0 Å². The number of fused-ring (bicyclic) bond motifs is 2. The summed E-state index contributed by atoms with van der Waals surface area (Å²) in [6.07, 6.45) is 0. The third-order valence-electron chi connectivity index (χ3n) is 4.28. The number of hydrazone groups is 1. The molecule has 0 aromatic rings. The molecule has 3 heterocycles. The van der Waals surface area contributed by atoms with Crippen LogP contribution in [-0.4, -0.2) is 81.6 Å². The first-order chi connectivity index (χ1) is 9.88. The molecule has 1 saturated heterocycles. The number of nitrogens with zero attached hydrogens (tertiary/aromatic N) is 6. The van der Waals surface area contributed by atoms with Gasteiger partial charge in [-0.15, -0.1) is 10.1 Å². The molecule has 0 aliphatic carbocycles. The third kappa shape index (κ3) is 1.64. The summed E-state index contributed by atoms with van der Waals surface area (Å²) in [6, 6.07) is -0.945. The Hall–Kier alpha value is -2.25. The number of carbonyl (C=O) groups is 2. The fourth-order valence-electron chi connectivity index (χ4n) is 2.87. The number of carbonyl (C=O) groups excluding carboxylic acids is 2. The van der Waals surface area contributed by atoms with E-state index in [1.54, 1.807) is 12.1 Å². The number of hydrogen-bond acceptors (Lipinski definition) is 5. The molecule has 2 atom stereocenters. The second-order valence-corrected chi connectivity index (χ2v) is 5.45. The molecule has 0 aromatic carbocycles. The largest absolute Gasteiger partial charge is 0.416 e. The van der Waals surface area contributed by atoms with Crippen molar-refractivity contribution in [2.45, 2.75) is 32.9 Å². The van der Waals surface area contributed by atoms with E-state index in [1.807, 2.05) is 25.3 Å². The lowest BCUT2D eigenvalue weighted by molar-refractivity contribution is -0.559. The molecule has 3 aliphatic heterocycles. The molecular weight excluding hydrogens is 272 g/mol. The molecule has 3 rings (SSSR count). The van der Waals surface area contributed by atoms with E-state index < -0.39 is 6.04 Å². The van der Waals surface area contributed by atoms with Gasteiger partial charge in [-0.05, 0) is 20.8 Å². The van der Waals surface area contributed by atoms with Gasteiger partial charge in [0.2, 0.25) is 11.9 Å². The summed E-state index contributed by atoms with van der Waals surface area (Å²) < 4.78 is 1.95. The number of amides is 3. The first kappa shape index (κ1) is 13.7. The highest BCUT2D eigenvalue weighted by Gasteiger charge is 2.55. The molecule has 21 heavy (non-hydrogen) atoms. The Labute approximate surface area is 123 Å². The first-order valence-electron chi connectivity index (χ1n) is 7.00. The summed E-state index contributed by atoms with van der Waals surface area (Å²) >= 11 is 0. The summed E-state index contributed by atoms with van der Waals surface area (Å²) in [6.45, 7) is 6.56. The van der Waals surface area contributed by atoms with Crippen molar-refractivity contribution in [3.05, 3.63) is 0 Å². The second-order valence-electron chi connectivity index (χ2n) is 5.45. The van der Waals surface area contributed by atoms with E-state index in [4.69, 9.17) is 0 Å². The van der Waals surface area contributed by atoms with Crippen molar-refractivity contribution in [1.82, 2.24) is 14.8 Å². The van der Waals surface area contributed by atoms with Gasteiger partial charge in [0.15, 0.2) is 0 Å². The van der Waals surface area contributed by atoms with Crippen molar-refractivity contribution in [3.63, 3.8) is 0 Å². The Morgan fingerprint density at radius 1 is 1.24 bits per heavy atom. The van der Waals surface area contributed by atoms with Gasteiger partial charge in [-0.1, -0.05) is 4.99 Å². The highest BCUT2D eigenvalue weighted by atomic mass is 16.2. The van der Waals surface area contributed by atoms with E-state index in [0.717, 1.165) is 10.6 Å². The van der Waals surface area contributed by atoms with Crippen molar-refractivity contribution in [2.75, 3.05) is 20.6 Å². The van der Waals surface area contributed by atoms with E-state index in [2.05, 4.69) is 10.1 Å². The van der Waals surface area contributed by atoms with E-state index >= 15 is 0 Å². The van der Waals surface area contributed by atoms with Crippen LogP contribution in [0.3, 0.4) is 0 Å². The minimum atomic E-state index is -0.554. The number of imide groups is 1. The summed E-state index contributed by atoms with van der Waals surface area (Å²) in [5, 5.41) is 6.28. The van der Waals surface area contributed by atoms with Crippen molar-refractivity contribution < 1.29 is 14.2 Å². The molecule has 0 saturated carbocycles. The molecule has 8 heteroatoms. The van der Waals surface area contributed by atoms with E-state index in [1.165, 1.54) is 11.9 Å². The Morgan fingerprint density at radius 3 is 2.52 bits per heavy atom. The van der Waals surface area contributed by atoms with E-state index in [0.29, 0.717) is 18.3 Å². The molecule has 0 radical (unpaired) electrons. The molecule has 3 aliphatic rings. The molecular formula is C13H19N6O2+. The third-order valence-corrected chi connectivity index (χ3v) is 4.28. The molecule has 0 N–H and O–H groups in total. The van der Waals surface area contributed by atoms with Gasteiger partial charge in [-0.3, -0.25) is 14.6 Å². The van der Waals surface area contributed by atoms with Crippen LogP contribution in [0.25, 0.3) is 0 Å². The van der Waals surface area contributed by atoms with Crippen LogP contribution < -0.4 is 0 Å². The highest BCUT2D eigenvalue weighted by molar-refractivity contribution is 6.23. The fraction of sp³-hybridized carbons (Fsp3) is 0.615. The van der Waals surface area contributed by atoms with Gasteiger partial charge in [0, 0.05) is 14.1 Å². The predicted molar refractivity (Wildman–Crippen MR) is 77.4 cm³/mol. The molecule has 0 bridgehead atoms. The van der Waals surface area contributed by atoms with Gasteiger partial charge in [0.25, 0.3) is 5.91 Å². The zero-order valence-electron chi connectivity index (χ0n) is 12.9. The minimum absolute atomic E-state index is 0.0343. The fourth-order valence-corrected chi connectivity index (χ4v) is 2.87. The normalized spacial score (nSPS) is 28.7. The average Bonchev–Trinajstić information content (AvgIpc) is 2.87. The standard InChI is InChI=1S/C13H19N6O2/c1-6-18-12-14-10-9(19(12)8(3)7(2)15-18)11(20)17(5)13(21)16(10)4/h8-9H,6H2,1-5H3/q+1. The van der Waals surface area contributed by atoms with Crippen LogP contribution in [-0.2, 0) is 4.79 Å². The van der Waals surface area contributed by atoms with Gasteiger partial charge in [0.1, 0.15) is 6.04 Å². The van der Waals surface area contributed by atoms with Gasteiger partial charge >= 0.3 is 12.0 Å². The number of guanidine groups is 1. The number of amidine groups is 1. The summed E-state index contributed by atoms with van der Waals surface area (Å²) in [5.41, 5.74) is 0.923. The summed E-state index contributed by atoms with van der Waals surface area (Å²) in [4.78, 5) is 31.7. The maximum atomic E-state index is 12.5. The zero-order valence-corrected chi connectivity index (χ0v) is 12.9. The lowest BCUT2D eigenvalue weighted by Crippen LogP contribution is -2.63. The van der Waals surface area contributed by atoms with Crippen LogP contribution in [0.4, 0.5) is 4.79 Å². The monoisotopic (exact) mass is 291 g/mol. The highest BCUT2D eigenvalue weighted by Crippen LogP contribution is 2.24. The SMILES string of the molecule is CCN1N=C(C)C(C)[N+]2=C1N=C1C2C(=O)N(C)C(=O)N1C. The molecule has 1 fully saturated rings. The minimum Gasteiger partial charge on any atom is -0.270 e. The van der Waals surface area contributed by atoms with Crippen LogP contribution in [0.5, 0.6) is 0 Å². The number of aliphatic imine (C=N–C) groups is 1. The number of urea groups is 1. The van der Waals surface area contributed by atoms with Gasteiger partial charge in [0.05, 0.1) is 12.3 Å². The van der Waals surface area contributed by atoms with Gasteiger partial charge < -0.3 is 0 Å². The molecule has 112 valence electrons. The quantitative estimate of drug-likeness (QED) is 0.626. The van der Waals surface area contributed by atoms with Crippen LogP contribution in [0, 0.1) is 0 Å². The molecule has 2 unspecified atom stereocenters. The lowest BCUT2D eigenvalue weighted by Gasteiger charge is -2.33. The number of likely N-dealkylation sites (N-methyl/N-ethyl adjacent to an activating group) is 2. The Morgan fingerprint density at radius 2 is 1.90 bits per heavy atom. The van der Waals surface area contributed by atoms with Crippen molar-refractivity contribution >= 4 is 29.4 Å². The maximum absolute atomic E-state index is 12.5. The van der Waals surface area contributed by atoms with Crippen molar-refractivity contribution in [2.24, 2.45) is 10.1 Å². The maximum Gasteiger partial charge on any atom is 0.416 e. The molecule has 3 amide bonds. The summed E-state index contributed by atoms with van der Waals surface area (Å²) in [7, 11) is 3.15. The first-order valence-corrected chi connectivity index (χ1v) is 7.00. The zero-order chi connectivity index (χ0) is 15.5. The predicted octanol–water partition coefficient (Wildman–Crippen LogP) is -0.241. The van der Waals surface area contributed by atoms with E-state index in [-0.39, 0.29) is 18.0 Å². The Kier molecular flexibility index (Phi) is 2.86. The van der Waals surface area contributed by atoms with Crippen molar-refractivity contribution in [3.8, 4) is 0 Å². The topological polar surface area (TPSA) is 71.6 Å². The van der Waals surface area contributed by atoms with Crippen molar-refractivity contribution in [1.29, 1.82) is 0 Å². The lowest BCUT2D eigenvalue weighted by atomic mass is 10.1. The molecule has 0 aromatic heterocycles. The second kappa shape index (κ2) is 4.37. The Balaban J connectivity index is 2.12. The van der Waals surface area contributed by atoms with Crippen LogP contribution in [0.2, 0.25) is 0 Å². The van der Waals surface area contributed by atoms with Crippen LogP contribution in [0.15, 0.2) is 10.1 Å². The molecule has 0 spiro atoms. The summed E-state index contributed by atoms with van der Waals surface area (Å²) in [5.74, 6) is 0.872. The number of rotatable bonds is 1. The van der Waals surface area contributed by atoms with Crippen LogP contribution in [0.1, 0.15) is 20.8 Å².